The molecule has 3 heteroatoms. The summed E-state index contributed by atoms with van der Waals surface area (Å²) < 4.78 is 5.49. The maximum Gasteiger partial charge on any atom is 0.185 e. The highest BCUT2D eigenvalue weighted by Crippen LogP contribution is 2.32. The number of benzene rings is 2. The fraction of sp³-hybridized carbons (Fsp3) is 0.167. The quantitative estimate of drug-likeness (QED) is 0.940. The molecule has 1 aliphatic heterocycles. The van der Waals surface area contributed by atoms with Crippen LogP contribution < -0.4 is 0 Å². The van der Waals surface area contributed by atoms with Gasteiger partial charge in [0.25, 0.3) is 0 Å². The van der Waals surface area contributed by atoms with Crippen molar-refractivity contribution in [2.75, 3.05) is 0 Å². The number of aliphatic hydroxyl groups excluding tert-OH is 1. The average molecular weight is 280 g/mol. The monoisotopic (exact) mass is 280 g/mol. The van der Waals surface area contributed by atoms with Crippen LogP contribution in [-0.2, 0) is 9.53 Å². The zero-order valence-electron chi connectivity index (χ0n) is 11.4. The highest BCUT2D eigenvalue weighted by Gasteiger charge is 2.34. The number of carbonyl (C=O) groups is 1. The summed E-state index contributed by atoms with van der Waals surface area (Å²) in [7, 11) is 0. The molecule has 3 rings (SSSR count). The maximum atomic E-state index is 12.2. The third-order valence-electron chi connectivity index (χ3n) is 3.61. The van der Waals surface area contributed by atoms with Crippen LogP contribution in [0.4, 0.5) is 0 Å². The average Bonchev–Trinajstić information content (AvgIpc) is 2.53. The van der Waals surface area contributed by atoms with Gasteiger partial charge in [-0.2, -0.15) is 0 Å². The van der Waals surface area contributed by atoms with Crippen molar-refractivity contribution in [3.63, 3.8) is 0 Å². The second-order valence-electron chi connectivity index (χ2n) is 5.01. The topological polar surface area (TPSA) is 46.5 Å². The van der Waals surface area contributed by atoms with Crippen LogP contribution in [0.2, 0.25) is 0 Å². The molecule has 0 fully saturated rings. The number of hydrogen-bond acceptors (Lipinski definition) is 3. The van der Waals surface area contributed by atoms with Gasteiger partial charge < -0.3 is 9.84 Å². The second kappa shape index (κ2) is 6.04. The molecule has 0 radical (unpaired) electrons. The van der Waals surface area contributed by atoms with E-state index in [1.54, 1.807) is 0 Å². The van der Waals surface area contributed by atoms with Gasteiger partial charge in [-0.15, -0.1) is 0 Å². The Morgan fingerprint density at radius 1 is 0.905 bits per heavy atom. The number of rotatable bonds is 3. The van der Waals surface area contributed by atoms with Crippen LogP contribution >= 0.6 is 0 Å². The van der Waals surface area contributed by atoms with Crippen LogP contribution in [0.5, 0.6) is 0 Å². The molecule has 0 bridgehead atoms. The lowest BCUT2D eigenvalue weighted by Gasteiger charge is -2.29. The van der Waals surface area contributed by atoms with Crippen LogP contribution in [-0.4, -0.2) is 23.3 Å². The molecule has 0 unspecified atom stereocenters. The Morgan fingerprint density at radius 3 is 1.95 bits per heavy atom. The van der Waals surface area contributed by atoms with E-state index in [1.807, 2.05) is 60.7 Å². The van der Waals surface area contributed by atoms with Crippen molar-refractivity contribution >= 4 is 5.78 Å². The van der Waals surface area contributed by atoms with Gasteiger partial charge in [0.1, 0.15) is 6.10 Å². The lowest BCUT2D eigenvalue weighted by Crippen LogP contribution is -2.37. The zero-order chi connectivity index (χ0) is 14.7. The summed E-state index contributed by atoms with van der Waals surface area (Å²) in [6.45, 7) is 0. The molecule has 1 heterocycles. The third kappa shape index (κ3) is 2.94. The molecule has 0 saturated carbocycles. The van der Waals surface area contributed by atoms with Crippen molar-refractivity contribution in [3.8, 4) is 0 Å². The number of carbonyl (C=O) groups excluding carboxylic acids is 1. The summed E-state index contributed by atoms with van der Waals surface area (Å²) in [5, 5.41) is 9.68. The highest BCUT2D eigenvalue weighted by molar-refractivity contribution is 5.95. The van der Waals surface area contributed by atoms with Crippen molar-refractivity contribution in [1.82, 2.24) is 0 Å². The lowest BCUT2D eigenvalue weighted by molar-refractivity contribution is -0.149. The number of ether oxygens (including phenoxy) is 1. The van der Waals surface area contributed by atoms with Gasteiger partial charge in [0, 0.05) is 5.92 Å². The first-order valence-electron chi connectivity index (χ1n) is 6.91. The molecule has 0 aliphatic carbocycles. The van der Waals surface area contributed by atoms with E-state index in [-0.39, 0.29) is 11.7 Å². The van der Waals surface area contributed by atoms with Gasteiger partial charge in [-0.3, -0.25) is 4.79 Å². The second-order valence-corrected chi connectivity index (χ2v) is 5.01. The predicted molar refractivity (Wildman–Crippen MR) is 79.8 cm³/mol. The molecular formula is C18H16O3. The Balaban J connectivity index is 2.05. The Hall–Kier alpha value is -2.23. The Bertz CT molecular complexity index is 595. The van der Waals surface area contributed by atoms with Crippen molar-refractivity contribution < 1.29 is 14.6 Å². The molecule has 3 nitrogen and oxygen atoms in total. The lowest BCUT2D eigenvalue weighted by atomic mass is 9.84. The SMILES string of the molecule is O=C1C=C[C@@H](O)O[C@@H]1C(c1ccccc1)c1ccccc1. The smallest absolute Gasteiger partial charge is 0.185 e. The standard InChI is InChI=1S/C18H16O3/c19-15-11-12-16(20)21-18(15)17(13-7-3-1-4-8-13)14-9-5-2-6-10-14/h1-12,16-18,20H/t16-,18-/m0/s1. The summed E-state index contributed by atoms with van der Waals surface area (Å²) in [4.78, 5) is 12.2. The van der Waals surface area contributed by atoms with E-state index in [1.165, 1.54) is 12.2 Å². The fourth-order valence-electron chi connectivity index (χ4n) is 2.64. The predicted octanol–water partition coefficient (Wildman–Crippen LogP) is 2.66. The Labute approximate surface area is 123 Å². The maximum absolute atomic E-state index is 12.2. The minimum absolute atomic E-state index is 0.127. The highest BCUT2D eigenvalue weighted by atomic mass is 16.6. The van der Waals surface area contributed by atoms with E-state index >= 15 is 0 Å². The molecule has 2 atom stereocenters. The summed E-state index contributed by atoms with van der Waals surface area (Å²) in [5.74, 6) is -0.363. The van der Waals surface area contributed by atoms with Gasteiger partial charge >= 0.3 is 0 Å². The molecule has 1 N–H and O–H groups in total. The van der Waals surface area contributed by atoms with E-state index in [9.17, 15) is 9.90 Å². The molecule has 0 aromatic heterocycles. The van der Waals surface area contributed by atoms with Crippen molar-refractivity contribution in [1.29, 1.82) is 0 Å². The van der Waals surface area contributed by atoms with Crippen molar-refractivity contribution in [2.24, 2.45) is 0 Å². The first kappa shape index (κ1) is 13.7. The molecule has 106 valence electrons. The molecule has 0 spiro atoms. The molecular weight excluding hydrogens is 264 g/mol. The molecule has 2 aromatic rings. The van der Waals surface area contributed by atoms with Gasteiger partial charge in [-0.25, -0.2) is 0 Å². The minimum Gasteiger partial charge on any atom is -0.365 e. The Morgan fingerprint density at radius 2 is 1.43 bits per heavy atom. The van der Waals surface area contributed by atoms with Crippen LogP contribution in [0.15, 0.2) is 72.8 Å². The molecule has 0 amide bonds. The molecule has 1 aliphatic rings. The molecule has 2 aromatic carbocycles. The van der Waals surface area contributed by atoms with Crippen LogP contribution in [0.3, 0.4) is 0 Å². The summed E-state index contributed by atoms with van der Waals surface area (Å²) in [5.41, 5.74) is 1.98. The van der Waals surface area contributed by atoms with Crippen LogP contribution in [0.25, 0.3) is 0 Å². The Kier molecular flexibility index (Phi) is 3.95. The van der Waals surface area contributed by atoms with Crippen molar-refractivity contribution in [2.45, 2.75) is 18.3 Å². The van der Waals surface area contributed by atoms with E-state index in [0.29, 0.717) is 0 Å². The van der Waals surface area contributed by atoms with Gasteiger partial charge in [0.05, 0.1) is 0 Å². The summed E-state index contributed by atoms with van der Waals surface area (Å²) >= 11 is 0. The summed E-state index contributed by atoms with van der Waals surface area (Å²) in [6, 6.07) is 19.5. The van der Waals surface area contributed by atoms with Gasteiger partial charge in [0.2, 0.25) is 0 Å². The molecule has 21 heavy (non-hydrogen) atoms. The van der Waals surface area contributed by atoms with Crippen LogP contribution in [0.1, 0.15) is 17.0 Å². The zero-order valence-corrected chi connectivity index (χ0v) is 11.4. The fourth-order valence-corrected chi connectivity index (χ4v) is 2.64. The van der Waals surface area contributed by atoms with E-state index in [0.717, 1.165) is 11.1 Å². The first-order valence-corrected chi connectivity index (χ1v) is 6.91. The van der Waals surface area contributed by atoms with E-state index in [4.69, 9.17) is 4.74 Å². The largest absolute Gasteiger partial charge is 0.365 e. The number of ketones is 1. The summed E-state index contributed by atoms with van der Waals surface area (Å²) in [6.07, 6.45) is 1.02. The van der Waals surface area contributed by atoms with Crippen molar-refractivity contribution in [3.05, 3.63) is 83.9 Å². The van der Waals surface area contributed by atoms with Gasteiger partial charge in [-0.05, 0) is 23.3 Å². The normalized spacial score (nSPS) is 21.7. The van der Waals surface area contributed by atoms with Gasteiger partial charge in [-0.1, -0.05) is 60.7 Å². The van der Waals surface area contributed by atoms with Crippen LogP contribution in [0, 0.1) is 0 Å². The first-order chi connectivity index (χ1) is 10.3. The third-order valence-corrected chi connectivity index (χ3v) is 3.61. The minimum atomic E-state index is -1.04. The number of hydrogen-bond donors (Lipinski definition) is 1. The molecule has 0 saturated heterocycles. The van der Waals surface area contributed by atoms with Gasteiger partial charge in [0.15, 0.2) is 12.1 Å². The van der Waals surface area contributed by atoms with E-state index in [2.05, 4.69) is 0 Å². The van der Waals surface area contributed by atoms with E-state index < -0.39 is 12.4 Å². The number of aliphatic hydroxyl groups is 1.